The first kappa shape index (κ1) is 13.4. The number of nitrogens with zero attached hydrogens (tertiary/aromatic N) is 3. The fourth-order valence-corrected chi connectivity index (χ4v) is 2.39. The Kier molecular flexibility index (Phi) is 3.86. The van der Waals surface area contributed by atoms with Crippen LogP contribution in [0.15, 0.2) is 22.7 Å². The fraction of sp³-hybridized carbons (Fsp3) is 0.500. The van der Waals surface area contributed by atoms with Gasteiger partial charge in [-0.1, -0.05) is 0 Å². The van der Waals surface area contributed by atoms with Crippen LogP contribution in [0.25, 0.3) is 11.5 Å². The number of likely N-dealkylation sites (N-methyl/N-ethyl adjacent to an activating group) is 1. The van der Waals surface area contributed by atoms with Crippen LogP contribution in [0.2, 0.25) is 0 Å². The van der Waals surface area contributed by atoms with E-state index in [0.29, 0.717) is 0 Å². The van der Waals surface area contributed by atoms with Gasteiger partial charge in [0.15, 0.2) is 5.76 Å². The Morgan fingerprint density at radius 1 is 1.30 bits per heavy atom. The van der Waals surface area contributed by atoms with E-state index in [9.17, 15) is 0 Å². The topological polar surface area (TPSA) is 60.3 Å². The van der Waals surface area contributed by atoms with E-state index >= 15 is 0 Å². The van der Waals surface area contributed by atoms with Gasteiger partial charge in [0.1, 0.15) is 11.5 Å². The Bertz CT molecular complexity index is 553. The molecule has 1 aliphatic rings. The monoisotopic (exact) mass is 275 g/mol. The van der Waals surface area contributed by atoms with Gasteiger partial charge < -0.3 is 9.32 Å². The molecule has 2 aromatic heterocycles. The van der Waals surface area contributed by atoms with Crippen LogP contribution in [0.3, 0.4) is 0 Å². The second-order valence-electron chi connectivity index (χ2n) is 5.31. The minimum atomic E-state index is 0.759. The largest absolute Gasteiger partial charge is 0.460 e. The number of piperazine rings is 1. The SMILES string of the molecule is Cc1ccc(-c2[nH]ncc2CNN2CCN(C)CC2)o1. The van der Waals surface area contributed by atoms with E-state index < -0.39 is 0 Å². The van der Waals surface area contributed by atoms with Gasteiger partial charge in [-0.2, -0.15) is 5.10 Å². The number of aromatic amines is 1. The predicted molar refractivity (Wildman–Crippen MR) is 76.9 cm³/mol. The average Bonchev–Trinajstić information content (AvgIpc) is 3.06. The van der Waals surface area contributed by atoms with E-state index in [0.717, 1.165) is 55.5 Å². The maximum atomic E-state index is 5.66. The number of nitrogens with one attached hydrogen (secondary N) is 2. The van der Waals surface area contributed by atoms with Crippen molar-refractivity contribution < 1.29 is 4.42 Å². The molecular weight excluding hydrogens is 254 g/mol. The second kappa shape index (κ2) is 5.78. The predicted octanol–water partition coefficient (Wildman–Crippen LogP) is 1.23. The molecule has 0 atom stereocenters. The van der Waals surface area contributed by atoms with Crippen LogP contribution in [0.4, 0.5) is 0 Å². The zero-order valence-electron chi connectivity index (χ0n) is 12.0. The van der Waals surface area contributed by atoms with Crippen molar-refractivity contribution in [1.82, 2.24) is 25.5 Å². The lowest BCUT2D eigenvalue weighted by Gasteiger charge is -2.32. The van der Waals surface area contributed by atoms with Gasteiger partial charge >= 0.3 is 0 Å². The van der Waals surface area contributed by atoms with E-state index in [-0.39, 0.29) is 0 Å². The molecule has 20 heavy (non-hydrogen) atoms. The Labute approximate surface area is 118 Å². The van der Waals surface area contributed by atoms with Gasteiger partial charge in [0.2, 0.25) is 0 Å². The third kappa shape index (κ3) is 2.92. The van der Waals surface area contributed by atoms with Crippen LogP contribution in [0, 0.1) is 6.92 Å². The lowest BCUT2D eigenvalue weighted by atomic mass is 10.2. The van der Waals surface area contributed by atoms with Crippen LogP contribution in [0.1, 0.15) is 11.3 Å². The Morgan fingerprint density at radius 2 is 2.10 bits per heavy atom. The summed E-state index contributed by atoms with van der Waals surface area (Å²) in [6.45, 7) is 7.00. The average molecular weight is 275 g/mol. The highest BCUT2D eigenvalue weighted by atomic mass is 16.3. The summed E-state index contributed by atoms with van der Waals surface area (Å²) in [5.41, 5.74) is 5.55. The maximum absolute atomic E-state index is 5.66. The van der Waals surface area contributed by atoms with Crippen LogP contribution in [0.5, 0.6) is 0 Å². The van der Waals surface area contributed by atoms with Crippen LogP contribution in [-0.2, 0) is 6.54 Å². The molecule has 0 spiro atoms. The van der Waals surface area contributed by atoms with Crippen LogP contribution in [-0.4, -0.2) is 53.3 Å². The van der Waals surface area contributed by atoms with Crippen molar-refractivity contribution in [3.8, 4) is 11.5 Å². The minimum Gasteiger partial charge on any atom is -0.460 e. The standard InChI is InChI=1S/C14H21N5O/c1-11-3-4-13(20-11)14-12(9-15-17-14)10-16-19-7-5-18(2)6-8-19/h3-4,9,16H,5-8,10H2,1-2H3,(H,15,17). The van der Waals surface area contributed by atoms with Crippen molar-refractivity contribution in [2.24, 2.45) is 0 Å². The van der Waals surface area contributed by atoms with Gasteiger partial charge in [-0.05, 0) is 26.1 Å². The highest BCUT2D eigenvalue weighted by Gasteiger charge is 2.15. The zero-order valence-corrected chi connectivity index (χ0v) is 12.0. The lowest BCUT2D eigenvalue weighted by molar-refractivity contribution is 0.102. The van der Waals surface area contributed by atoms with Crippen molar-refractivity contribution in [2.75, 3.05) is 33.2 Å². The molecule has 0 bridgehead atoms. The molecule has 108 valence electrons. The summed E-state index contributed by atoms with van der Waals surface area (Å²) < 4.78 is 5.66. The molecule has 0 aliphatic carbocycles. The Morgan fingerprint density at radius 3 is 2.80 bits per heavy atom. The van der Waals surface area contributed by atoms with Crippen molar-refractivity contribution in [1.29, 1.82) is 0 Å². The molecule has 0 aromatic carbocycles. The molecule has 0 unspecified atom stereocenters. The van der Waals surface area contributed by atoms with Crippen LogP contribution >= 0.6 is 0 Å². The quantitative estimate of drug-likeness (QED) is 0.879. The second-order valence-corrected chi connectivity index (χ2v) is 5.31. The van der Waals surface area contributed by atoms with Crippen molar-refractivity contribution in [2.45, 2.75) is 13.5 Å². The number of furan rings is 1. The molecule has 6 nitrogen and oxygen atoms in total. The molecule has 3 rings (SSSR count). The summed E-state index contributed by atoms with van der Waals surface area (Å²) in [5.74, 6) is 1.75. The van der Waals surface area contributed by atoms with Crippen molar-refractivity contribution in [3.63, 3.8) is 0 Å². The molecule has 0 saturated carbocycles. The first-order valence-electron chi connectivity index (χ1n) is 6.98. The summed E-state index contributed by atoms with van der Waals surface area (Å²) in [4.78, 5) is 2.34. The van der Waals surface area contributed by atoms with Crippen molar-refractivity contribution >= 4 is 0 Å². The van der Waals surface area contributed by atoms with Crippen LogP contribution < -0.4 is 5.43 Å². The zero-order chi connectivity index (χ0) is 13.9. The first-order valence-corrected chi connectivity index (χ1v) is 6.98. The molecule has 2 aromatic rings. The van der Waals surface area contributed by atoms with Gasteiger partial charge in [-0.15, -0.1) is 0 Å². The number of hydrogen-bond donors (Lipinski definition) is 2. The highest BCUT2D eigenvalue weighted by molar-refractivity contribution is 5.56. The van der Waals surface area contributed by atoms with Gasteiger partial charge in [-0.25, -0.2) is 5.01 Å². The number of aromatic nitrogens is 2. The van der Waals surface area contributed by atoms with E-state index in [2.05, 4.69) is 32.6 Å². The Balaban J connectivity index is 1.62. The molecule has 3 heterocycles. The number of hydrazine groups is 1. The van der Waals surface area contributed by atoms with Gasteiger partial charge in [0, 0.05) is 38.3 Å². The molecule has 0 radical (unpaired) electrons. The maximum Gasteiger partial charge on any atom is 0.152 e. The van der Waals surface area contributed by atoms with E-state index in [1.54, 1.807) is 0 Å². The molecule has 2 N–H and O–H groups in total. The first-order chi connectivity index (χ1) is 9.72. The molecular formula is C14H21N5O. The summed E-state index contributed by atoms with van der Waals surface area (Å²) in [6, 6.07) is 3.94. The van der Waals surface area contributed by atoms with Gasteiger partial charge in [0.25, 0.3) is 0 Å². The smallest absolute Gasteiger partial charge is 0.152 e. The summed E-state index contributed by atoms with van der Waals surface area (Å²) in [5, 5.41) is 9.42. The summed E-state index contributed by atoms with van der Waals surface area (Å²) >= 11 is 0. The number of hydrogen-bond acceptors (Lipinski definition) is 5. The third-order valence-electron chi connectivity index (χ3n) is 3.70. The number of rotatable bonds is 4. The third-order valence-corrected chi connectivity index (χ3v) is 3.70. The Hall–Kier alpha value is -1.63. The summed E-state index contributed by atoms with van der Waals surface area (Å²) in [6.07, 6.45) is 1.86. The van der Waals surface area contributed by atoms with E-state index in [1.807, 2.05) is 25.3 Å². The fourth-order valence-electron chi connectivity index (χ4n) is 2.39. The van der Waals surface area contributed by atoms with E-state index in [4.69, 9.17) is 4.42 Å². The number of H-pyrrole nitrogens is 1. The molecule has 0 amide bonds. The van der Waals surface area contributed by atoms with Gasteiger partial charge in [0.05, 0.1) is 6.20 Å². The number of aryl methyl sites for hydroxylation is 1. The lowest BCUT2D eigenvalue weighted by Crippen LogP contribution is -2.50. The summed E-state index contributed by atoms with van der Waals surface area (Å²) in [7, 11) is 2.16. The molecule has 1 aliphatic heterocycles. The highest BCUT2D eigenvalue weighted by Crippen LogP contribution is 2.23. The molecule has 1 saturated heterocycles. The normalized spacial score (nSPS) is 17.7. The molecule has 1 fully saturated rings. The van der Waals surface area contributed by atoms with E-state index in [1.165, 1.54) is 0 Å². The van der Waals surface area contributed by atoms with Crippen molar-refractivity contribution in [3.05, 3.63) is 29.7 Å². The molecule has 6 heteroatoms. The minimum absolute atomic E-state index is 0.759. The van der Waals surface area contributed by atoms with Gasteiger partial charge in [-0.3, -0.25) is 10.5 Å².